The highest BCUT2D eigenvalue weighted by molar-refractivity contribution is 6.14. The summed E-state index contributed by atoms with van der Waals surface area (Å²) in [4.78, 5) is 48.3. The van der Waals surface area contributed by atoms with Crippen molar-refractivity contribution in [3.05, 3.63) is 76.5 Å². The van der Waals surface area contributed by atoms with Crippen LogP contribution in [0, 0.1) is 18.3 Å². The Hall–Kier alpha value is -5.50. The van der Waals surface area contributed by atoms with Gasteiger partial charge < -0.3 is 26.0 Å². The smallest absolute Gasteiger partial charge is 0.337 e. The third-order valence-corrected chi connectivity index (χ3v) is 5.55. The van der Waals surface area contributed by atoms with Gasteiger partial charge in [-0.05, 0) is 66.1 Å². The zero-order valence-corrected chi connectivity index (χ0v) is 19.6. The first kappa shape index (κ1) is 24.6. The van der Waals surface area contributed by atoms with Crippen molar-refractivity contribution in [3.8, 4) is 17.2 Å². The van der Waals surface area contributed by atoms with Crippen molar-refractivity contribution in [1.29, 1.82) is 5.26 Å². The largest absolute Gasteiger partial charge is 0.478 e. The normalized spacial score (nSPS) is 10.5. The number of hydrogen-bond donors (Lipinski definition) is 4. The first-order valence-electron chi connectivity index (χ1n) is 10.8. The van der Waals surface area contributed by atoms with E-state index < -0.39 is 17.8 Å². The fourth-order valence-corrected chi connectivity index (χ4v) is 3.90. The number of anilines is 2. The van der Waals surface area contributed by atoms with E-state index in [1.807, 2.05) is 6.07 Å². The Bertz CT molecular complexity index is 1660. The SMILES string of the molecule is CC(=O)Nc1ccc(-c2cc3c(C(=O)Nc4ccc(C#N)cc4C(=O)O)noc3cc2C(N)=O)c(C)c1. The molecule has 4 aromatic rings. The molecule has 0 radical (unpaired) electrons. The van der Waals surface area contributed by atoms with Crippen molar-refractivity contribution in [1.82, 2.24) is 5.16 Å². The molecule has 3 amide bonds. The second-order valence-electron chi connectivity index (χ2n) is 8.13. The quantitative estimate of drug-likeness (QED) is 0.310. The highest BCUT2D eigenvalue weighted by Gasteiger charge is 2.23. The molecule has 4 rings (SSSR count). The number of carbonyl (C=O) groups is 4. The second kappa shape index (κ2) is 9.63. The lowest BCUT2D eigenvalue weighted by atomic mass is 9.93. The maximum atomic E-state index is 13.1. The van der Waals surface area contributed by atoms with Gasteiger partial charge in [0.2, 0.25) is 11.8 Å². The highest BCUT2D eigenvalue weighted by atomic mass is 16.5. The molecule has 0 saturated heterocycles. The predicted molar refractivity (Wildman–Crippen MR) is 133 cm³/mol. The fraction of sp³-hybridized carbons (Fsp3) is 0.0769. The Kier molecular flexibility index (Phi) is 6.41. The third kappa shape index (κ3) is 4.85. The number of carboxylic acid groups (broad SMARTS) is 1. The van der Waals surface area contributed by atoms with Crippen molar-refractivity contribution < 1.29 is 28.8 Å². The molecule has 0 aliphatic carbocycles. The van der Waals surface area contributed by atoms with Crippen molar-refractivity contribution in [3.63, 3.8) is 0 Å². The van der Waals surface area contributed by atoms with E-state index in [0.717, 1.165) is 11.6 Å². The van der Waals surface area contributed by atoms with E-state index in [0.29, 0.717) is 16.8 Å². The van der Waals surface area contributed by atoms with Gasteiger partial charge in [0.15, 0.2) is 11.3 Å². The number of nitriles is 1. The molecule has 11 nitrogen and oxygen atoms in total. The maximum Gasteiger partial charge on any atom is 0.337 e. The first-order chi connectivity index (χ1) is 17.6. The summed E-state index contributed by atoms with van der Waals surface area (Å²) < 4.78 is 5.27. The fourth-order valence-electron chi connectivity index (χ4n) is 3.90. The molecule has 0 aliphatic heterocycles. The number of primary amides is 1. The lowest BCUT2D eigenvalue weighted by molar-refractivity contribution is -0.114. The summed E-state index contributed by atoms with van der Waals surface area (Å²) >= 11 is 0. The number of carbonyl (C=O) groups excluding carboxylic acids is 3. The Morgan fingerprint density at radius 3 is 2.38 bits per heavy atom. The first-order valence-corrected chi connectivity index (χ1v) is 10.8. The number of aryl methyl sites for hydroxylation is 1. The number of nitrogens with one attached hydrogen (secondary N) is 2. The van der Waals surface area contributed by atoms with Gasteiger partial charge in [-0.3, -0.25) is 14.4 Å². The topological polar surface area (TPSA) is 188 Å². The van der Waals surface area contributed by atoms with Gasteiger partial charge in [0, 0.05) is 12.6 Å². The Morgan fingerprint density at radius 2 is 1.76 bits per heavy atom. The van der Waals surface area contributed by atoms with E-state index in [1.54, 1.807) is 25.1 Å². The highest BCUT2D eigenvalue weighted by Crippen LogP contribution is 2.34. The molecular weight excluding hydrogens is 478 g/mol. The van der Waals surface area contributed by atoms with Gasteiger partial charge in [0.1, 0.15) is 0 Å². The molecule has 37 heavy (non-hydrogen) atoms. The van der Waals surface area contributed by atoms with Crippen LogP contribution in [0.4, 0.5) is 11.4 Å². The monoisotopic (exact) mass is 497 g/mol. The Morgan fingerprint density at radius 1 is 1.00 bits per heavy atom. The number of nitrogens with two attached hydrogens (primary N) is 1. The Balaban J connectivity index is 1.80. The van der Waals surface area contributed by atoms with Crippen molar-refractivity contribution in [2.75, 3.05) is 10.6 Å². The predicted octanol–water partition coefficient (Wildman–Crippen LogP) is 3.68. The van der Waals surface area contributed by atoms with Crippen LogP contribution in [0.15, 0.2) is 53.1 Å². The van der Waals surface area contributed by atoms with E-state index in [9.17, 15) is 24.3 Å². The van der Waals surface area contributed by atoms with Crippen molar-refractivity contribution in [2.24, 2.45) is 5.73 Å². The van der Waals surface area contributed by atoms with Crippen LogP contribution >= 0.6 is 0 Å². The average Bonchev–Trinajstić information content (AvgIpc) is 3.26. The molecule has 0 fully saturated rings. The number of aromatic nitrogens is 1. The third-order valence-electron chi connectivity index (χ3n) is 5.55. The summed E-state index contributed by atoms with van der Waals surface area (Å²) in [7, 11) is 0. The summed E-state index contributed by atoms with van der Waals surface area (Å²) in [5.74, 6) is -3.06. The summed E-state index contributed by atoms with van der Waals surface area (Å²) in [6, 6.07) is 13.7. The van der Waals surface area contributed by atoms with Crippen LogP contribution < -0.4 is 16.4 Å². The molecule has 0 saturated carbocycles. The van der Waals surface area contributed by atoms with Crippen LogP contribution in [-0.2, 0) is 4.79 Å². The van der Waals surface area contributed by atoms with E-state index in [-0.39, 0.29) is 44.9 Å². The van der Waals surface area contributed by atoms with Gasteiger partial charge in [-0.25, -0.2) is 4.79 Å². The summed E-state index contributed by atoms with van der Waals surface area (Å²) in [5, 5.41) is 27.8. The molecule has 0 spiro atoms. The van der Waals surface area contributed by atoms with E-state index >= 15 is 0 Å². The van der Waals surface area contributed by atoms with E-state index in [2.05, 4.69) is 15.8 Å². The van der Waals surface area contributed by atoms with Crippen LogP contribution in [0.5, 0.6) is 0 Å². The molecule has 0 aliphatic rings. The molecule has 0 unspecified atom stereocenters. The number of nitrogens with zero attached hydrogens (tertiary/aromatic N) is 2. The number of fused-ring (bicyclic) bond motifs is 1. The van der Waals surface area contributed by atoms with Crippen molar-refractivity contribution in [2.45, 2.75) is 13.8 Å². The van der Waals surface area contributed by atoms with Crippen LogP contribution in [0.3, 0.4) is 0 Å². The zero-order chi connectivity index (χ0) is 26.9. The van der Waals surface area contributed by atoms with Crippen LogP contribution in [-0.4, -0.2) is 34.0 Å². The van der Waals surface area contributed by atoms with Gasteiger partial charge in [0.05, 0.1) is 33.8 Å². The molecule has 0 atom stereocenters. The van der Waals surface area contributed by atoms with Crippen molar-refractivity contribution >= 4 is 46.0 Å². The molecule has 0 bridgehead atoms. The van der Waals surface area contributed by atoms with Gasteiger partial charge >= 0.3 is 5.97 Å². The minimum atomic E-state index is -1.33. The molecule has 3 aromatic carbocycles. The number of amides is 3. The standard InChI is InChI=1S/C26H19N5O6/c1-12-7-15(29-13(2)32)4-5-16(12)17-9-20-22(10-18(17)24(28)33)37-31-23(20)25(34)30-21-6-3-14(11-27)8-19(21)26(35)36/h3-10H,1-2H3,(H2,28,33)(H,29,32)(H,30,34)(H,35,36). The molecule has 1 aromatic heterocycles. The maximum absolute atomic E-state index is 13.1. The molecule has 1 heterocycles. The second-order valence-corrected chi connectivity index (χ2v) is 8.13. The summed E-state index contributed by atoms with van der Waals surface area (Å²) in [5.41, 5.74) is 7.84. The Labute approximate surface area is 209 Å². The summed E-state index contributed by atoms with van der Waals surface area (Å²) in [6.07, 6.45) is 0. The van der Waals surface area contributed by atoms with Gasteiger partial charge in [-0.2, -0.15) is 5.26 Å². The minimum Gasteiger partial charge on any atom is -0.478 e. The van der Waals surface area contributed by atoms with E-state index in [1.165, 1.54) is 31.2 Å². The molecule has 5 N–H and O–H groups in total. The van der Waals surface area contributed by atoms with Gasteiger partial charge in [-0.1, -0.05) is 11.2 Å². The number of rotatable bonds is 6. The average molecular weight is 497 g/mol. The van der Waals surface area contributed by atoms with Gasteiger partial charge in [0.25, 0.3) is 5.91 Å². The van der Waals surface area contributed by atoms with Crippen LogP contribution in [0.25, 0.3) is 22.1 Å². The number of benzene rings is 3. The lowest BCUT2D eigenvalue weighted by Gasteiger charge is -2.12. The zero-order valence-electron chi connectivity index (χ0n) is 19.6. The number of hydrogen-bond acceptors (Lipinski definition) is 7. The number of carboxylic acids is 1. The van der Waals surface area contributed by atoms with Gasteiger partial charge in [-0.15, -0.1) is 0 Å². The molecule has 184 valence electrons. The molecule has 11 heteroatoms. The minimum absolute atomic E-state index is 0.0361. The number of aromatic carboxylic acids is 1. The van der Waals surface area contributed by atoms with E-state index in [4.69, 9.17) is 15.5 Å². The molecular formula is C26H19N5O6. The van der Waals surface area contributed by atoms with Crippen LogP contribution in [0.2, 0.25) is 0 Å². The lowest BCUT2D eigenvalue weighted by Crippen LogP contribution is -2.16. The summed E-state index contributed by atoms with van der Waals surface area (Å²) in [6.45, 7) is 3.17. The van der Waals surface area contributed by atoms with Crippen LogP contribution in [0.1, 0.15) is 49.3 Å².